The molecule has 6 heteroatoms. The number of carbonyl (C=O) groups excluding carboxylic acids is 1. The first-order valence-corrected chi connectivity index (χ1v) is 4.42. The molecule has 0 saturated heterocycles. The standard InChI is InChI=1S/C9H6ClN3O2/c10-8-3-6(13-4-11-12-5-13)1-2-7(8)9(14)15/h1-5H,(H,14,15)/p-1. The summed E-state index contributed by atoms with van der Waals surface area (Å²) in [6.45, 7) is 0. The molecule has 76 valence electrons. The smallest absolute Gasteiger partial charge is 0.123 e. The van der Waals surface area contributed by atoms with Crippen LogP contribution in [-0.4, -0.2) is 20.7 Å². The van der Waals surface area contributed by atoms with Crippen molar-refractivity contribution in [3.63, 3.8) is 0 Å². The second-order valence-electron chi connectivity index (χ2n) is 2.82. The predicted octanol–water partition coefficient (Wildman–Crippen LogP) is 0.284. The van der Waals surface area contributed by atoms with Crippen LogP contribution in [0.4, 0.5) is 0 Å². The molecule has 0 bridgehead atoms. The van der Waals surface area contributed by atoms with Gasteiger partial charge in [0.1, 0.15) is 12.7 Å². The quantitative estimate of drug-likeness (QED) is 0.732. The summed E-state index contributed by atoms with van der Waals surface area (Å²) in [5.41, 5.74) is 0.656. The van der Waals surface area contributed by atoms with Gasteiger partial charge in [0.25, 0.3) is 0 Å². The number of benzene rings is 1. The molecule has 0 amide bonds. The Hall–Kier alpha value is -1.88. The number of aromatic nitrogens is 3. The van der Waals surface area contributed by atoms with Crippen molar-refractivity contribution in [1.82, 2.24) is 14.8 Å². The summed E-state index contributed by atoms with van der Waals surface area (Å²) in [6.07, 6.45) is 2.98. The molecule has 0 N–H and O–H groups in total. The lowest BCUT2D eigenvalue weighted by Gasteiger charge is -2.07. The van der Waals surface area contributed by atoms with Gasteiger partial charge in [0.15, 0.2) is 0 Å². The van der Waals surface area contributed by atoms with Gasteiger partial charge in [-0.1, -0.05) is 11.6 Å². The summed E-state index contributed by atoms with van der Waals surface area (Å²) in [5.74, 6) is -1.30. The summed E-state index contributed by atoms with van der Waals surface area (Å²) in [4.78, 5) is 10.6. The molecule has 2 aromatic rings. The Labute approximate surface area is 89.9 Å². The molecule has 15 heavy (non-hydrogen) atoms. The van der Waals surface area contributed by atoms with Crippen molar-refractivity contribution in [3.05, 3.63) is 41.4 Å². The minimum Gasteiger partial charge on any atom is -0.545 e. The Kier molecular flexibility index (Phi) is 2.39. The zero-order chi connectivity index (χ0) is 10.8. The van der Waals surface area contributed by atoms with E-state index in [1.54, 1.807) is 10.6 Å². The van der Waals surface area contributed by atoms with Crippen molar-refractivity contribution < 1.29 is 9.90 Å². The van der Waals surface area contributed by atoms with Gasteiger partial charge < -0.3 is 9.90 Å². The van der Waals surface area contributed by atoms with E-state index < -0.39 is 5.97 Å². The minimum atomic E-state index is -1.30. The van der Waals surface area contributed by atoms with Crippen LogP contribution in [0.25, 0.3) is 5.69 Å². The molecule has 0 saturated carbocycles. The van der Waals surface area contributed by atoms with Crippen molar-refractivity contribution >= 4 is 17.6 Å². The fourth-order valence-electron chi connectivity index (χ4n) is 1.16. The maximum absolute atomic E-state index is 10.6. The van der Waals surface area contributed by atoms with Gasteiger partial charge in [0.05, 0.1) is 11.0 Å². The average Bonchev–Trinajstić information content (AvgIpc) is 2.69. The lowest BCUT2D eigenvalue weighted by molar-refractivity contribution is -0.255. The van der Waals surface area contributed by atoms with Gasteiger partial charge in [0.2, 0.25) is 0 Å². The van der Waals surface area contributed by atoms with Crippen LogP contribution in [0.15, 0.2) is 30.9 Å². The monoisotopic (exact) mass is 222 g/mol. The number of hydrogen-bond acceptors (Lipinski definition) is 4. The van der Waals surface area contributed by atoms with Crippen LogP contribution in [0, 0.1) is 0 Å². The second-order valence-corrected chi connectivity index (χ2v) is 3.23. The molecule has 2 rings (SSSR count). The Morgan fingerprint density at radius 2 is 2.00 bits per heavy atom. The molecule has 0 fully saturated rings. The summed E-state index contributed by atoms with van der Waals surface area (Å²) in [7, 11) is 0. The second kappa shape index (κ2) is 3.70. The van der Waals surface area contributed by atoms with Gasteiger partial charge in [-0.25, -0.2) is 0 Å². The van der Waals surface area contributed by atoms with Crippen molar-refractivity contribution in [2.75, 3.05) is 0 Å². The summed E-state index contributed by atoms with van der Waals surface area (Å²) in [6, 6.07) is 4.49. The summed E-state index contributed by atoms with van der Waals surface area (Å²) >= 11 is 5.77. The van der Waals surface area contributed by atoms with E-state index in [9.17, 15) is 9.90 Å². The molecule has 1 heterocycles. The van der Waals surface area contributed by atoms with E-state index in [4.69, 9.17) is 11.6 Å². The highest BCUT2D eigenvalue weighted by Crippen LogP contribution is 2.19. The third-order valence-corrected chi connectivity index (χ3v) is 2.20. The molecule has 0 aliphatic carbocycles. The maximum atomic E-state index is 10.6. The zero-order valence-corrected chi connectivity index (χ0v) is 8.18. The van der Waals surface area contributed by atoms with E-state index in [0.717, 1.165) is 0 Å². The Bertz CT molecular complexity index is 496. The lowest BCUT2D eigenvalue weighted by Crippen LogP contribution is -2.22. The number of carboxylic acid groups (broad SMARTS) is 1. The third kappa shape index (κ3) is 1.82. The normalized spacial score (nSPS) is 10.2. The number of halogens is 1. The van der Waals surface area contributed by atoms with Crippen LogP contribution < -0.4 is 5.11 Å². The van der Waals surface area contributed by atoms with Crippen molar-refractivity contribution in [3.8, 4) is 5.69 Å². The van der Waals surface area contributed by atoms with Gasteiger partial charge in [-0.15, -0.1) is 10.2 Å². The minimum absolute atomic E-state index is 0.0338. The number of carbonyl (C=O) groups is 1. The predicted molar refractivity (Wildman–Crippen MR) is 50.7 cm³/mol. The zero-order valence-electron chi connectivity index (χ0n) is 7.42. The summed E-state index contributed by atoms with van der Waals surface area (Å²) < 4.78 is 1.62. The molecule has 1 aromatic heterocycles. The molecule has 0 spiro atoms. The molecule has 0 unspecified atom stereocenters. The largest absolute Gasteiger partial charge is 0.545 e. The van der Waals surface area contributed by atoms with E-state index in [2.05, 4.69) is 10.2 Å². The van der Waals surface area contributed by atoms with E-state index in [1.807, 2.05) is 0 Å². The van der Waals surface area contributed by atoms with E-state index in [1.165, 1.54) is 24.8 Å². The number of carboxylic acids is 1. The topological polar surface area (TPSA) is 70.8 Å². The molecular formula is C9H5ClN3O2-. The average molecular weight is 223 g/mol. The highest BCUT2D eigenvalue weighted by Gasteiger charge is 2.03. The molecule has 5 nitrogen and oxygen atoms in total. The van der Waals surface area contributed by atoms with Gasteiger partial charge in [0, 0.05) is 11.3 Å². The first-order valence-electron chi connectivity index (χ1n) is 4.04. The van der Waals surface area contributed by atoms with E-state index in [-0.39, 0.29) is 10.6 Å². The van der Waals surface area contributed by atoms with Gasteiger partial charge in [-0.3, -0.25) is 4.57 Å². The van der Waals surface area contributed by atoms with Gasteiger partial charge in [-0.2, -0.15) is 0 Å². The third-order valence-electron chi connectivity index (χ3n) is 1.89. The van der Waals surface area contributed by atoms with Crippen molar-refractivity contribution in [1.29, 1.82) is 0 Å². The SMILES string of the molecule is O=C([O-])c1ccc(-n2cnnc2)cc1Cl. The maximum Gasteiger partial charge on any atom is 0.123 e. The first kappa shape index (κ1) is 9.67. The fraction of sp³-hybridized carbons (Fsp3) is 0. The molecule has 1 aromatic carbocycles. The number of hydrogen-bond donors (Lipinski definition) is 0. The van der Waals surface area contributed by atoms with Crippen LogP contribution in [-0.2, 0) is 0 Å². The highest BCUT2D eigenvalue weighted by atomic mass is 35.5. The van der Waals surface area contributed by atoms with E-state index in [0.29, 0.717) is 5.69 Å². The van der Waals surface area contributed by atoms with E-state index >= 15 is 0 Å². The van der Waals surface area contributed by atoms with Crippen LogP contribution in [0.3, 0.4) is 0 Å². The number of aromatic carboxylic acids is 1. The molecule has 0 atom stereocenters. The van der Waals surface area contributed by atoms with Crippen LogP contribution >= 0.6 is 11.6 Å². The van der Waals surface area contributed by atoms with Crippen LogP contribution in [0.5, 0.6) is 0 Å². The Morgan fingerprint density at radius 3 is 2.53 bits per heavy atom. The van der Waals surface area contributed by atoms with Gasteiger partial charge >= 0.3 is 0 Å². The van der Waals surface area contributed by atoms with Crippen molar-refractivity contribution in [2.45, 2.75) is 0 Å². The molecular weight excluding hydrogens is 218 g/mol. The molecule has 0 aliphatic heterocycles. The molecule has 0 aliphatic rings. The fourth-order valence-corrected chi connectivity index (χ4v) is 1.42. The Balaban J connectivity index is 2.47. The molecule has 0 radical (unpaired) electrons. The van der Waals surface area contributed by atoms with Crippen LogP contribution in [0.2, 0.25) is 5.02 Å². The van der Waals surface area contributed by atoms with Gasteiger partial charge in [-0.05, 0) is 18.2 Å². The number of rotatable bonds is 2. The highest BCUT2D eigenvalue weighted by molar-refractivity contribution is 6.33. The number of nitrogens with zero attached hydrogens (tertiary/aromatic N) is 3. The van der Waals surface area contributed by atoms with Crippen LogP contribution in [0.1, 0.15) is 10.4 Å². The Morgan fingerprint density at radius 1 is 1.33 bits per heavy atom. The first-order chi connectivity index (χ1) is 7.18. The lowest BCUT2D eigenvalue weighted by atomic mass is 10.2. The van der Waals surface area contributed by atoms with Crippen molar-refractivity contribution in [2.24, 2.45) is 0 Å². The summed E-state index contributed by atoms with van der Waals surface area (Å²) in [5, 5.41) is 18.0.